The third-order valence-corrected chi connectivity index (χ3v) is 5.11. The fourth-order valence-corrected chi connectivity index (χ4v) is 3.56. The monoisotopic (exact) mass is 400 g/mol. The Kier molecular flexibility index (Phi) is 5.50. The summed E-state index contributed by atoms with van der Waals surface area (Å²) < 4.78 is 6.35. The molecule has 0 amide bonds. The second-order valence-electron chi connectivity index (χ2n) is 7.31. The molecular formula is C23H24N6O. The van der Waals surface area contributed by atoms with Gasteiger partial charge in [0, 0.05) is 37.9 Å². The molecule has 3 aromatic rings. The first-order valence-corrected chi connectivity index (χ1v) is 9.92. The van der Waals surface area contributed by atoms with Crippen molar-refractivity contribution in [1.29, 1.82) is 5.26 Å². The predicted molar refractivity (Wildman–Crippen MR) is 117 cm³/mol. The lowest BCUT2D eigenvalue weighted by molar-refractivity contribution is 0.439. The molecule has 1 aromatic heterocycles. The molecule has 0 atom stereocenters. The zero-order valence-electron chi connectivity index (χ0n) is 17.3. The number of aryl methyl sites for hydroxylation is 2. The molecule has 1 aliphatic heterocycles. The molecule has 0 saturated carbocycles. The second-order valence-corrected chi connectivity index (χ2v) is 7.31. The Labute approximate surface area is 176 Å². The molecule has 0 saturated heterocycles. The number of nitriles is 1. The number of anilines is 3. The Balaban J connectivity index is 1.70. The zero-order valence-corrected chi connectivity index (χ0v) is 17.3. The smallest absolute Gasteiger partial charge is 0.230 e. The van der Waals surface area contributed by atoms with Crippen molar-refractivity contribution in [2.75, 3.05) is 24.2 Å². The van der Waals surface area contributed by atoms with Crippen LogP contribution in [0.1, 0.15) is 27.9 Å². The van der Waals surface area contributed by atoms with E-state index in [2.05, 4.69) is 39.1 Å². The van der Waals surface area contributed by atoms with Gasteiger partial charge in [-0.1, -0.05) is 0 Å². The molecule has 7 heteroatoms. The number of nitrogens with zero attached hydrogens (tertiary/aromatic N) is 3. The number of aromatic nitrogens is 2. The summed E-state index contributed by atoms with van der Waals surface area (Å²) in [5.74, 6) is 1.86. The van der Waals surface area contributed by atoms with Crippen molar-refractivity contribution in [3.63, 3.8) is 0 Å². The van der Waals surface area contributed by atoms with Crippen LogP contribution in [-0.4, -0.2) is 23.6 Å². The van der Waals surface area contributed by atoms with Crippen LogP contribution in [-0.2, 0) is 13.0 Å². The van der Waals surface area contributed by atoms with Crippen LogP contribution in [0.2, 0.25) is 0 Å². The summed E-state index contributed by atoms with van der Waals surface area (Å²) in [6.45, 7) is 5.61. The maximum absolute atomic E-state index is 8.98. The van der Waals surface area contributed by atoms with E-state index in [1.165, 1.54) is 0 Å². The van der Waals surface area contributed by atoms with Gasteiger partial charge in [-0.2, -0.15) is 10.2 Å². The lowest BCUT2D eigenvalue weighted by atomic mass is 10.1. The Morgan fingerprint density at radius 1 is 1.07 bits per heavy atom. The lowest BCUT2D eigenvalue weighted by Crippen LogP contribution is -2.26. The van der Waals surface area contributed by atoms with Gasteiger partial charge in [-0.3, -0.25) is 0 Å². The predicted octanol–water partition coefficient (Wildman–Crippen LogP) is 4.19. The van der Waals surface area contributed by atoms with E-state index in [0.29, 0.717) is 23.9 Å². The number of fused-ring (bicyclic) bond motifs is 1. The molecule has 152 valence electrons. The fraction of sp³-hybridized carbons (Fsp3) is 0.261. The SMILES string of the molecule is CNc1cc(C)c(Oc2nc(Nc3ccc(C#N)cc3)nc3c2CNCC3)c(C)c1. The van der Waals surface area contributed by atoms with Crippen LogP contribution in [0, 0.1) is 25.2 Å². The van der Waals surface area contributed by atoms with Gasteiger partial charge in [0.25, 0.3) is 0 Å². The standard InChI is InChI=1S/C23H24N6O/c1-14-10-18(25-3)11-15(2)21(14)30-22-19-13-26-9-8-20(19)28-23(29-22)27-17-6-4-16(12-24)5-7-17/h4-7,10-11,25-26H,8-9,13H2,1-3H3,(H,27,28,29). The summed E-state index contributed by atoms with van der Waals surface area (Å²) in [6, 6.07) is 13.4. The highest BCUT2D eigenvalue weighted by Gasteiger charge is 2.20. The van der Waals surface area contributed by atoms with Crippen molar-refractivity contribution < 1.29 is 4.74 Å². The van der Waals surface area contributed by atoms with Crippen LogP contribution in [0.4, 0.5) is 17.3 Å². The molecule has 4 rings (SSSR count). The lowest BCUT2D eigenvalue weighted by Gasteiger charge is -2.21. The Hall–Kier alpha value is -3.63. The number of hydrogen-bond acceptors (Lipinski definition) is 7. The van der Waals surface area contributed by atoms with Gasteiger partial charge in [-0.05, 0) is 61.4 Å². The first-order valence-electron chi connectivity index (χ1n) is 9.92. The number of rotatable bonds is 5. The van der Waals surface area contributed by atoms with Crippen LogP contribution in [0.25, 0.3) is 0 Å². The highest BCUT2D eigenvalue weighted by Crippen LogP contribution is 2.34. The molecule has 0 radical (unpaired) electrons. The van der Waals surface area contributed by atoms with E-state index >= 15 is 0 Å². The molecule has 0 unspecified atom stereocenters. The first kappa shape index (κ1) is 19.7. The third-order valence-electron chi connectivity index (χ3n) is 5.11. The van der Waals surface area contributed by atoms with E-state index in [4.69, 9.17) is 15.0 Å². The number of ether oxygens (including phenoxy) is 1. The number of hydrogen-bond donors (Lipinski definition) is 3. The minimum atomic E-state index is 0.484. The number of nitrogens with one attached hydrogen (secondary N) is 3. The van der Waals surface area contributed by atoms with E-state index in [-0.39, 0.29) is 0 Å². The second kappa shape index (κ2) is 8.39. The van der Waals surface area contributed by atoms with Crippen LogP contribution in [0.5, 0.6) is 11.6 Å². The van der Waals surface area contributed by atoms with E-state index in [0.717, 1.165) is 52.5 Å². The molecule has 0 bridgehead atoms. The molecule has 1 aliphatic rings. The number of benzene rings is 2. The summed E-state index contributed by atoms with van der Waals surface area (Å²) in [7, 11) is 1.91. The van der Waals surface area contributed by atoms with Crippen LogP contribution >= 0.6 is 0 Å². The fourth-order valence-electron chi connectivity index (χ4n) is 3.56. The van der Waals surface area contributed by atoms with Crippen LogP contribution < -0.4 is 20.7 Å². The van der Waals surface area contributed by atoms with Crippen molar-refractivity contribution >= 4 is 17.3 Å². The summed E-state index contributed by atoms with van der Waals surface area (Å²) >= 11 is 0. The minimum absolute atomic E-state index is 0.484. The van der Waals surface area contributed by atoms with Crippen molar-refractivity contribution in [3.05, 3.63) is 64.3 Å². The molecule has 2 heterocycles. The highest BCUT2D eigenvalue weighted by molar-refractivity contribution is 5.58. The van der Waals surface area contributed by atoms with Crippen LogP contribution in [0.15, 0.2) is 36.4 Å². The van der Waals surface area contributed by atoms with Crippen molar-refractivity contribution in [2.24, 2.45) is 0 Å². The Bertz CT molecular complexity index is 1090. The molecule has 3 N–H and O–H groups in total. The normalized spacial score (nSPS) is 12.6. The molecule has 0 aliphatic carbocycles. The maximum atomic E-state index is 8.98. The molecule has 7 nitrogen and oxygen atoms in total. The summed E-state index contributed by atoms with van der Waals surface area (Å²) in [6.07, 6.45) is 0.812. The average molecular weight is 400 g/mol. The van der Waals surface area contributed by atoms with Gasteiger partial charge < -0.3 is 20.7 Å². The van der Waals surface area contributed by atoms with Crippen molar-refractivity contribution in [1.82, 2.24) is 15.3 Å². The molecular weight excluding hydrogens is 376 g/mol. The highest BCUT2D eigenvalue weighted by atomic mass is 16.5. The Morgan fingerprint density at radius 3 is 2.47 bits per heavy atom. The third kappa shape index (κ3) is 4.04. The van der Waals surface area contributed by atoms with Crippen molar-refractivity contribution in [2.45, 2.75) is 26.8 Å². The van der Waals surface area contributed by atoms with Gasteiger partial charge in [-0.25, -0.2) is 4.98 Å². The molecule has 0 fully saturated rings. The topological polar surface area (TPSA) is 94.9 Å². The van der Waals surface area contributed by atoms with E-state index < -0.39 is 0 Å². The van der Waals surface area contributed by atoms with E-state index in [9.17, 15) is 0 Å². The molecule has 2 aromatic carbocycles. The first-order chi connectivity index (χ1) is 14.6. The van der Waals surface area contributed by atoms with Gasteiger partial charge >= 0.3 is 0 Å². The zero-order chi connectivity index (χ0) is 21.1. The quantitative estimate of drug-likeness (QED) is 0.591. The average Bonchev–Trinajstić information content (AvgIpc) is 2.76. The summed E-state index contributed by atoms with van der Waals surface area (Å²) in [4.78, 5) is 9.39. The van der Waals surface area contributed by atoms with Gasteiger partial charge in [-0.15, -0.1) is 0 Å². The van der Waals surface area contributed by atoms with E-state index in [1.54, 1.807) is 12.1 Å². The van der Waals surface area contributed by atoms with Gasteiger partial charge in [0.2, 0.25) is 11.8 Å². The van der Waals surface area contributed by atoms with Gasteiger partial charge in [0.15, 0.2) is 0 Å². The molecule has 0 spiro atoms. The van der Waals surface area contributed by atoms with Crippen molar-refractivity contribution in [3.8, 4) is 17.7 Å². The van der Waals surface area contributed by atoms with Gasteiger partial charge in [0.1, 0.15) is 5.75 Å². The largest absolute Gasteiger partial charge is 0.438 e. The summed E-state index contributed by atoms with van der Waals surface area (Å²) in [5.41, 5.74) is 6.53. The minimum Gasteiger partial charge on any atom is -0.438 e. The Morgan fingerprint density at radius 2 is 1.80 bits per heavy atom. The van der Waals surface area contributed by atoms with Crippen LogP contribution in [0.3, 0.4) is 0 Å². The molecule has 30 heavy (non-hydrogen) atoms. The summed E-state index contributed by atoms with van der Waals surface area (Å²) in [5, 5.41) is 18.8. The maximum Gasteiger partial charge on any atom is 0.230 e. The van der Waals surface area contributed by atoms with Gasteiger partial charge in [0.05, 0.1) is 22.9 Å². The van der Waals surface area contributed by atoms with E-state index in [1.807, 2.05) is 33.0 Å².